The zero-order valence-electron chi connectivity index (χ0n) is 18.1. The summed E-state index contributed by atoms with van der Waals surface area (Å²) in [5, 5.41) is 7.12. The summed E-state index contributed by atoms with van der Waals surface area (Å²) in [6, 6.07) is 7.87. The lowest BCUT2D eigenvalue weighted by atomic mass is 10.1. The third-order valence-corrected chi connectivity index (χ3v) is 6.30. The number of aryl methyl sites for hydroxylation is 3. The number of hydrogen-bond donors (Lipinski definition) is 2. The summed E-state index contributed by atoms with van der Waals surface area (Å²) in [5.41, 5.74) is 4.37. The van der Waals surface area contributed by atoms with Gasteiger partial charge in [0.15, 0.2) is 5.13 Å². The van der Waals surface area contributed by atoms with E-state index in [0.717, 1.165) is 39.3 Å². The molecule has 4 heterocycles. The van der Waals surface area contributed by atoms with E-state index in [1.807, 2.05) is 49.9 Å². The molecule has 0 aromatic carbocycles. The van der Waals surface area contributed by atoms with Crippen molar-refractivity contribution >= 4 is 33.9 Å². The Morgan fingerprint density at radius 1 is 1.26 bits per heavy atom. The maximum absolute atomic E-state index is 13.1. The first-order valence-corrected chi connectivity index (χ1v) is 11.0. The van der Waals surface area contributed by atoms with Gasteiger partial charge in [0.05, 0.1) is 24.5 Å². The van der Waals surface area contributed by atoms with E-state index in [9.17, 15) is 4.79 Å². The first-order chi connectivity index (χ1) is 14.9. The van der Waals surface area contributed by atoms with Gasteiger partial charge >= 0.3 is 0 Å². The molecule has 1 atom stereocenters. The molecule has 31 heavy (non-hydrogen) atoms. The number of pyridine rings is 2. The first-order valence-electron chi connectivity index (χ1n) is 10.2. The average Bonchev–Trinajstić information content (AvgIpc) is 3.15. The number of carbonyl (C=O) groups excluding carboxylic acids is 1. The van der Waals surface area contributed by atoms with Gasteiger partial charge in [0.1, 0.15) is 16.8 Å². The molecule has 4 rings (SSSR count). The summed E-state index contributed by atoms with van der Waals surface area (Å²) < 4.78 is 6.00. The highest BCUT2D eigenvalue weighted by Crippen LogP contribution is 2.29. The van der Waals surface area contributed by atoms with E-state index < -0.39 is 0 Å². The second-order valence-electron chi connectivity index (χ2n) is 7.51. The van der Waals surface area contributed by atoms with Gasteiger partial charge in [-0.05, 0) is 44.5 Å². The fourth-order valence-electron chi connectivity index (χ4n) is 3.54. The molecule has 0 radical (unpaired) electrons. The van der Waals surface area contributed by atoms with Crippen LogP contribution in [0.3, 0.4) is 0 Å². The van der Waals surface area contributed by atoms with Gasteiger partial charge in [-0.2, -0.15) is 0 Å². The van der Waals surface area contributed by atoms with E-state index in [4.69, 9.17) is 4.74 Å². The van der Waals surface area contributed by atoms with Gasteiger partial charge in [0, 0.05) is 31.2 Å². The van der Waals surface area contributed by atoms with E-state index in [2.05, 4.69) is 25.6 Å². The molecule has 3 aromatic heterocycles. The number of rotatable bonds is 5. The van der Waals surface area contributed by atoms with Crippen molar-refractivity contribution in [3.05, 3.63) is 58.0 Å². The van der Waals surface area contributed by atoms with Gasteiger partial charge in [-0.15, -0.1) is 0 Å². The third-order valence-electron chi connectivity index (χ3n) is 5.13. The molecule has 9 heteroatoms. The van der Waals surface area contributed by atoms with Crippen LogP contribution in [-0.2, 0) is 4.74 Å². The second kappa shape index (κ2) is 8.99. The molecule has 0 spiro atoms. The highest BCUT2D eigenvalue weighted by molar-refractivity contribution is 7.17. The second-order valence-corrected chi connectivity index (χ2v) is 8.51. The van der Waals surface area contributed by atoms with Crippen molar-refractivity contribution in [3.8, 4) is 0 Å². The van der Waals surface area contributed by atoms with Crippen molar-refractivity contribution in [3.63, 3.8) is 0 Å². The Labute approximate surface area is 185 Å². The van der Waals surface area contributed by atoms with Gasteiger partial charge in [-0.1, -0.05) is 17.4 Å². The highest BCUT2D eigenvalue weighted by atomic mass is 32.1. The van der Waals surface area contributed by atoms with E-state index in [0.29, 0.717) is 24.6 Å². The van der Waals surface area contributed by atoms with Crippen LogP contribution in [0.4, 0.5) is 16.6 Å². The molecule has 8 nitrogen and oxygen atoms in total. The molecule has 0 saturated carbocycles. The largest absolute Gasteiger partial charge is 0.368 e. The molecule has 1 fully saturated rings. The SMILES string of the molecule is CNc1nc(C)c(C(=O)N2CCO[C@@H](c3cc(Nc4ncccc4C)cc(C)n3)C2)s1. The number of nitrogens with zero attached hydrogens (tertiary/aromatic N) is 4. The van der Waals surface area contributed by atoms with Crippen LogP contribution in [0.5, 0.6) is 0 Å². The number of morpholine rings is 1. The van der Waals surface area contributed by atoms with Gasteiger partial charge in [-0.25, -0.2) is 9.97 Å². The number of ether oxygens (including phenoxy) is 1. The number of aromatic nitrogens is 3. The normalized spacial score (nSPS) is 16.3. The molecule has 162 valence electrons. The van der Waals surface area contributed by atoms with Crippen molar-refractivity contribution in [2.75, 3.05) is 37.4 Å². The number of amides is 1. The number of nitrogens with one attached hydrogen (secondary N) is 2. The standard InChI is InChI=1S/C22H26N6O2S/c1-13-6-5-7-24-20(13)27-16-10-14(2)25-17(11-16)18-12-28(8-9-30-18)21(29)19-15(3)26-22(23-4)31-19/h5-7,10-11,18H,8-9,12H2,1-4H3,(H,23,26)(H,24,25,27)/t18-/m1/s1. The Bertz CT molecular complexity index is 1100. The number of carbonyl (C=O) groups is 1. The Balaban J connectivity index is 1.54. The number of anilines is 3. The summed E-state index contributed by atoms with van der Waals surface area (Å²) in [4.78, 5) is 29.1. The topological polar surface area (TPSA) is 92.3 Å². The zero-order valence-corrected chi connectivity index (χ0v) is 18.9. The van der Waals surface area contributed by atoms with Gasteiger partial charge in [0.2, 0.25) is 0 Å². The zero-order chi connectivity index (χ0) is 22.0. The van der Waals surface area contributed by atoms with Gasteiger partial charge in [-0.3, -0.25) is 9.78 Å². The lowest BCUT2D eigenvalue weighted by Crippen LogP contribution is -2.42. The quantitative estimate of drug-likeness (QED) is 0.625. The van der Waals surface area contributed by atoms with E-state index in [-0.39, 0.29) is 12.0 Å². The summed E-state index contributed by atoms with van der Waals surface area (Å²) in [6.07, 6.45) is 1.47. The van der Waals surface area contributed by atoms with E-state index >= 15 is 0 Å². The van der Waals surface area contributed by atoms with Crippen LogP contribution in [0.15, 0.2) is 30.5 Å². The molecule has 1 aliphatic rings. The molecule has 0 aliphatic carbocycles. The Hall–Kier alpha value is -3.04. The Morgan fingerprint density at radius 3 is 2.84 bits per heavy atom. The van der Waals surface area contributed by atoms with Crippen LogP contribution < -0.4 is 10.6 Å². The molecule has 1 saturated heterocycles. The van der Waals surface area contributed by atoms with E-state index in [1.54, 1.807) is 13.2 Å². The lowest BCUT2D eigenvalue weighted by molar-refractivity contribution is -0.0246. The Kier molecular flexibility index (Phi) is 6.15. The molecular formula is C22H26N6O2S. The molecule has 0 unspecified atom stereocenters. The molecule has 0 bridgehead atoms. The highest BCUT2D eigenvalue weighted by Gasteiger charge is 2.29. The maximum Gasteiger partial charge on any atom is 0.266 e. The van der Waals surface area contributed by atoms with Crippen molar-refractivity contribution in [2.24, 2.45) is 0 Å². The predicted octanol–water partition coefficient (Wildman–Crippen LogP) is 3.86. The summed E-state index contributed by atoms with van der Waals surface area (Å²) in [6.45, 7) is 7.28. The minimum atomic E-state index is -0.292. The minimum Gasteiger partial charge on any atom is -0.368 e. The monoisotopic (exact) mass is 438 g/mol. The van der Waals surface area contributed by atoms with Crippen LogP contribution in [0.2, 0.25) is 0 Å². The van der Waals surface area contributed by atoms with E-state index in [1.165, 1.54) is 11.3 Å². The van der Waals surface area contributed by atoms with Crippen LogP contribution in [0.1, 0.15) is 38.4 Å². The molecule has 1 aliphatic heterocycles. The van der Waals surface area contributed by atoms with Crippen LogP contribution >= 0.6 is 11.3 Å². The minimum absolute atomic E-state index is 0.0140. The number of thiazole rings is 1. The fraction of sp³-hybridized carbons (Fsp3) is 0.364. The predicted molar refractivity (Wildman–Crippen MR) is 122 cm³/mol. The van der Waals surface area contributed by atoms with Gasteiger partial charge < -0.3 is 20.3 Å². The van der Waals surface area contributed by atoms with Crippen molar-refractivity contribution in [1.29, 1.82) is 0 Å². The smallest absolute Gasteiger partial charge is 0.266 e. The number of hydrogen-bond acceptors (Lipinski definition) is 8. The summed E-state index contributed by atoms with van der Waals surface area (Å²) in [7, 11) is 1.80. The fourth-order valence-corrected chi connectivity index (χ4v) is 4.43. The van der Waals surface area contributed by atoms with Crippen molar-refractivity contribution in [1.82, 2.24) is 19.9 Å². The molecule has 1 amide bonds. The molecule has 3 aromatic rings. The van der Waals surface area contributed by atoms with Crippen LogP contribution in [-0.4, -0.2) is 52.5 Å². The maximum atomic E-state index is 13.1. The Morgan fingerprint density at radius 2 is 2.10 bits per heavy atom. The summed E-state index contributed by atoms with van der Waals surface area (Å²) in [5.74, 6) is 0.793. The van der Waals surface area contributed by atoms with Crippen LogP contribution in [0, 0.1) is 20.8 Å². The lowest BCUT2D eigenvalue weighted by Gasteiger charge is -2.32. The van der Waals surface area contributed by atoms with Gasteiger partial charge in [0.25, 0.3) is 5.91 Å². The van der Waals surface area contributed by atoms with Crippen molar-refractivity contribution < 1.29 is 9.53 Å². The average molecular weight is 439 g/mol. The van der Waals surface area contributed by atoms with Crippen LogP contribution in [0.25, 0.3) is 0 Å². The summed E-state index contributed by atoms with van der Waals surface area (Å²) >= 11 is 1.38. The van der Waals surface area contributed by atoms with Crippen molar-refractivity contribution in [2.45, 2.75) is 26.9 Å². The molecular weight excluding hydrogens is 412 g/mol. The first kappa shape index (κ1) is 21.2. The third kappa shape index (κ3) is 4.67. The molecule has 2 N–H and O–H groups in total.